The molecule has 0 saturated heterocycles. The number of aromatic nitrogens is 2. The minimum atomic E-state index is -4.77. The van der Waals surface area contributed by atoms with Gasteiger partial charge in [0.15, 0.2) is 4.34 Å². The Balaban J connectivity index is 1.46. The number of carbonyl (C=O) groups excluding carboxylic acids is 2. The van der Waals surface area contributed by atoms with Crippen molar-refractivity contribution in [3.8, 4) is 5.75 Å². The molecule has 15 heteroatoms. The molecule has 3 heterocycles. The summed E-state index contributed by atoms with van der Waals surface area (Å²) in [4.78, 5) is 25.0. The number of nitrogens with one attached hydrogen (secondary N) is 3. The van der Waals surface area contributed by atoms with Crippen LogP contribution in [0.3, 0.4) is 0 Å². The summed E-state index contributed by atoms with van der Waals surface area (Å²) in [5, 5.41) is 16.7. The summed E-state index contributed by atoms with van der Waals surface area (Å²) in [6.45, 7) is 1.83. The van der Waals surface area contributed by atoms with Crippen molar-refractivity contribution >= 4 is 45.9 Å². The van der Waals surface area contributed by atoms with Crippen LogP contribution in [-0.2, 0) is 9.53 Å². The molecule has 4 rings (SSSR count). The summed E-state index contributed by atoms with van der Waals surface area (Å²) < 4.78 is 51.9. The van der Waals surface area contributed by atoms with Gasteiger partial charge in [0.05, 0.1) is 18.4 Å². The monoisotopic (exact) mass is 541 g/mol. The number of rotatable bonds is 9. The highest BCUT2D eigenvalue weighted by molar-refractivity contribution is 8.01. The largest absolute Gasteiger partial charge is 0.573 e. The maximum absolute atomic E-state index is 12.7. The number of nitrogens with zero attached hydrogens (tertiary/aromatic N) is 2. The lowest BCUT2D eigenvalue weighted by atomic mass is 10.0. The van der Waals surface area contributed by atoms with Gasteiger partial charge in [-0.2, -0.15) is 0 Å². The van der Waals surface area contributed by atoms with Crippen molar-refractivity contribution in [3.05, 3.63) is 59.7 Å². The number of benzene rings is 1. The summed E-state index contributed by atoms with van der Waals surface area (Å²) in [5.41, 5.74) is 1.04. The Morgan fingerprint density at radius 1 is 1.25 bits per heavy atom. The number of furan rings is 1. The zero-order chi connectivity index (χ0) is 25.7. The Bertz CT molecular complexity index is 1250. The standard InChI is InChI=1S/C21H18F3N5O5S2/c1-2-32-17(30)15-13(26-18(31)27-16(15)14-4-3-9-33-14)10-35-20-29-28-19(36-20)25-11-5-7-12(8-6-11)34-21(22,23)24/h3-9,16H,2,10H2,1H3,(H,25,28)(H2,26,27,31). The number of anilines is 2. The highest BCUT2D eigenvalue weighted by Gasteiger charge is 2.35. The summed E-state index contributed by atoms with van der Waals surface area (Å²) in [5.74, 6) is -0.384. The molecule has 1 aliphatic heterocycles. The molecule has 190 valence electrons. The lowest BCUT2D eigenvalue weighted by Gasteiger charge is -2.27. The molecule has 0 saturated carbocycles. The number of halogens is 3. The molecule has 0 aliphatic carbocycles. The minimum Gasteiger partial charge on any atom is -0.467 e. The number of amides is 2. The van der Waals surface area contributed by atoms with Gasteiger partial charge < -0.3 is 29.8 Å². The number of urea groups is 1. The summed E-state index contributed by atoms with van der Waals surface area (Å²) in [6.07, 6.45) is -3.33. The van der Waals surface area contributed by atoms with Crippen LogP contribution in [0.25, 0.3) is 0 Å². The lowest BCUT2D eigenvalue weighted by Crippen LogP contribution is -2.46. The van der Waals surface area contributed by atoms with E-state index in [2.05, 4.69) is 30.9 Å². The van der Waals surface area contributed by atoms with E-state index in [1.165, 1.54) is 53.6 Å². The molecule has 0 fully saturated rings. The minimum absolute atomic E-state index is 0.149. The fraction of sp³-hybridized carbons (Fsp3) is 0.238. The van der Waals surface area contributed by atoms with Crippen LogP contribution in [0.2, 0.25) is 0 Å². The van der Waals surface area contributed by atoms with Crippen molar-refractivity contribution in [2.45, 2.75) is 23.7 Å². The van der Waals surface area contributed by atoms with Crippen LogP contribution in [0.4, 0.5) is 28.8 Å². The molecule has 3 N–H and O–H groups in total. The van der Waals surface area contributed by atoms with Crippen molar-refractivity contribution in [1.29, 1.82) is 0 Å². The van der Waals surface area contributed by atoms with E-state index in [4.69, 9.17) is 9.15 Å². The Morgan fingerprint density at radius 2 is 2.03 bits per heavy atom. The van der Waals surface area contributed by atoms with Crippen molar-refractivity contribution in [2.75, 3.05) is 17.7 Å². The van der Waals surface area contributed by atoms with E-state index < -0.39 is 24.4 Å². The number of hydrogen-bond donors (Lipinski definition) is 3. The molecule has 10 nitrogen and oxygen atoms in total. The van der Waals surface area contributed by atoms with Gasteiger partial charge in [-0.25, -0.2) is 9.59 Å². The highest BCUT2D eigenvalue weighted by Crippen LogP contribution is 2.33. The Kier molecular flexibility index (Phi) is 7.69. The first-order valence-corrected chi connectivity index (χ1v) is 12.1. The van der Waals surface area contributed by atoms with Crippen LogP contribution >= 0.6 is 23.1 Å². The van der Waals surface area contributed by atoms with Crippen molar-refractivity contribution < 1.29 is 36.7 Å². The molecule has 0 radical (unpaired) electrons. The fourth-order valence-electron chi connectivity index (χ4n) is 3.17. The number of carbonyl (C=O) groups is 2. The Labute approximate surface area is 210 Å². The molecule has 2 aromatic heterocycles. The second-order valence-corrected chi connectivity index (χ2v) is 9.22. The maximum Gasteiger partial charge on any atom is 0.573 e. The molecule has 36 heavy (non-hydrogen) atoms. The van der Waals surface area contributed by atoms with Crippen LogP contribution < -0.4 is 20.7 Å². The SMILES string of the molecule is CCOC(=O)C1=C(CSc2nnc(Nc3ccc(OC(F)(F)F)cc3)s2)NC(=O)NC1c1ccco1. The second-order valence-electron chi connectivity index (χ2n) is 7.02. The predicted molar refractivity (Wildman–Crippen MR) is 124 cm³/mol. The lowest BCUT2D eigenvalue weighted by molar-refractivity contribution is -0.274. The van der Waals surface area contributed by atoms with Crippen molar-refractivity contribution in [1.82, 2.24) is 20.8 Å². The van der Waals surface area contributed by atoms with E-state index in [0.717, 1.165) is 0 Å². The van der Waals surface area contributed by atoms with Gasteiger partial charge in [-0.15, -0.1) is 23.4 Å². The third-order valence-electron chi connectivity index (χ3n) is 4.56. The van der Waals surface area contributed by atoms with Gasteiger partial charge in [-0.3, -0.25) is 0 Å². The Morgan fingerprint density at radius 3 is 2.69 bits per heavy atom. The summed E-state index contributed by atoms with van der Waals surface area (Å²) in [7, 11) is 0. The Hall–Kier alpha value is -3.72. The van der Waals surface area contributed by atoms with Crippen LogP contribution in [0, 0.1) is 0 Å². The van der Waals surface area contributed by atoms with Gasteiger partial charge in [0.1, 0.15) is 17.6 Å². The van der Waals surface area contributed by atoms with E-state index in [1.54, 1.807) is 19.1 Å². The molecule has 3 aromatic rings. The number of ether oxygens (including phenoxy) is 2. The molecule has 0 bridgehead atoms. The average Bonchev–Trinajstić information content (AvgIpc) is 3.50. The molecule has 0 spiro atoms. The van der Waals surface area contributed by atoms with E-state index in [-0.39, 0.29) is 23.7 Å². The zero-order valence-corrected chi connectivity index (χ0v) is 20.1. The summed E-state index contributed by atoms with van der Waals surface area (Å²) >= 11 is 2.41. The number of thioether (sulfide) groups is 1. The van der Waals surface area contributed by atoms with E-state index in [1.807, 2.05) is 0 Å². The molecular weight excluding hydrogens is 523 g/mol. The number of esters is 1. The smallest absolute Gasteiger partial charge is 0.467 e. The van der Waals surface area contributed by atoms with Crippen LogP contribution in [-0.4, -0.2) is 40.9 Å². The highest BCUT2D eigenvalue weighted by atomic mass is 32.2. The van der Waals surface area contributed by atoms with E-state index >= 15 is 0 Å². The molecule has 1 aromatic carbocycles. The molecular formula is C21H18F3N5O5S2. The quantitative estimate of drug-likeness (QED) is 0.260. The van der Waals surface area contributed by atoms with Crippen LogP contribution in [0.5, 0.6) is 5.75 Å². The van der Waals surface area contributed by atoms with Crippen molar-refractivity contribution in [2.24, 2.45) is 0 Å². The molecule has 1 aliphatic rings. The van der Waals surface area contributed by atoms with Crippen molar-refractivity contribution in [3.63, 3.8) is 0 Å². The normalized spacial score (nSPS) is 15.8. The van der Waals surface area contributed by atoms with E-state index in [9.17, 15) is 22.8 Å². The third-order valence-corrected chi connectivity index (χ3v) is 6.56. The van der Waals surface area contributed by atoms with Crippen LogP contribution in [0.1, 0.15) is 18.7 Å². The average molecular weight is 542 g/mol. The van der Waals surface area contributed by atoms with Gasteiger partial charge in [0.2, 0.25) is 5.13 Å². The summed E-state index contributed by atoms with van der Waals surface area (Å²) in [6, 6.07) is 7.13. The van der Waals surface area contributed by atoms with Gasteiger partial charge in [0, 0.05) is 17.1 Å². The second kappa shape index (κ2) is 10.9. The van der Waals surface area contributed by atoms with Gasteiger partial charge >= 0.3 is 18.4 Å². The number of alkyl halides is 3. The van der Waals surface area contributed by atoms with Gasteiger partial charge in [0.25, 0.3) is 0 Å². The molecule has 2 amide bonds. The fourth-order valence-corrected chi connectivity index (χ4v) is 4.91. The van der Waals surface area contributed by atoms with Gasteiger partial charge in [-0.1, -0.05) is 23.1 Å². The molecule has 1 unspecified atom stereocenters. The maximum atomic E-state index is 12.7. The zero-order valence-electron chi connectivity index (χ0n) is 18.4. The van der Waals surface area contributed by atoms with E-state index in [0.29, 0.717) is 26.6 Å². The first kappa shape index (κ1) is 25.4. The van der Waals surface area contributed by atoms with Gasteiger partial charge in [-0.05, 0) is 43.3 Å². The van der Waals surface area contributed by atoms with Crippen LogP contribution in [0.15, 0.2) is 62.7 Å². The first-order chi connectivity index (χ1) is 17.2. The molecule has 1 atom stereocenters. The first-order valence-electron chi connectivity index (χ1n) is 10.3. The third kappa shape index (κ3) is 6.48. The number of hydrogen-bond acceptors (Lipinski definition) is 10. The predicted octanol–water partition coefficient (Wildman–Crippen LogP) is 4.74. The topological polar surface area (TPSA) is 128 Å².